The number of carbonyl (C=O) groups is 2. The number of piperidine rings is 1. The van der Waals surface area contributed by atoms with Crippen molar-refractivity contribution in [1.29, 1.82) is 0 Å². The van der Waals surface area contributed by atoms with Crippen molar-refractivity contribution >= 4 is 17.5 Å². The number of rotatable bonds is 3. The van der Waals surface area contributed by atoms with E-state index in [0.29, 0.717) is 43.7 Å². The summed E-state index contributed by atoms with van der Waals surface area (Å²) in [5.41, 5.74) is 7.70. The molecule has 0 unspecified atom stereocenters. The van der Waals surface area contributed by atoms with E-state index in [0.717, 1.165) is 5.69 Å². The number of nitrogens with zero attached hydrogens (tertiary/aromatic N) is 3. The molecule has 0 radical (unpaired) electrons. The van der Waals surface area contributed by atoms with Gasteiger partial charge in [-0.15, -0.1) is 0 Å². The van der Waals surface area contributed by atoms with Crippen molar-refractivity contribution < 1.29 is 9.59 Å². The first-order valence-corrected chi connectivity index (χ1v) is 7.31. The predicted molar refractivity (Wildman–Crippen MR) is 79.7 cm³/mol. The van der Waals surface area contributed by atoms with Gasteiger partial charge in [-0.2, -0.15) is 5.10 Å². The summed E-state index contributed by atoms with van der Waals surface area (Å²) in [4.78, 5) is 26.0. The lowest BCUT2D eigenvalue weighted by Gasteiger charge is -2.31. The third-order valence-corrected chi connectivity index (χ3v) is 4.10. The average Bonchev–Trinajstić information content (AvgIpc) is 2.80. The molecule has 0 bridgehead atoms. The molecule has 1 aliphatic heterocycles. The van der Waals surface area contributed by atoms with Crippen molar-refractivity contribution in [1.82, 2.24) is 20.0 Å². The van der Waals surface area contributed by atoms with E-state index in [4.69, 9.17) is 5.73 Å². The van der Waals surface area contributed by atoms with Crippen molar-refractivity contribution in [3.05, 3.63) is 11.4 Å². The molecular weight excluding hydrogens is 270 g/mol. The lowest BCUT2D eigenvalue weighted by Crippen LogP contribution is -2.43. The number of anilines is 1. The monoisotopic (exact) mass is 293 g/mol. The summed E-state index contributed by atoms with van der Waals surface area (Å²) >= 11 is 0. The summed E-state index contributed by atoms with van der Waals surface area (Å²) in [5.74, 6) is -0.0536. The maximum absolute atomic E-state index is 12.6. The standard InChI is InChI=1S/C14H23N5O2/c1-4-10-11(15)12(18(3)17-10)14(21)19-7-5-9(6-8-19)13(20)16-2/h9H,4-8,15H2,1-3H3,(H,16,20). The summed E-state index contributed by atoms with van der Waals surface area (Å²) in [5, 5.41) is 6.94. The van der Waals surface area contributed by atoms with Gasteiger partial charge in [0.15, 0.2) is 0 Å². The highest BCUT2D eigenvalue weighted by atomic mass is 16.2. The number of hydrogen-bond acceptors (Lipinski definition) is 4. The lowest BCUT2D eigenvalue weighted by molar-refractivity contribution is -0.125. The van der Waals surface area contributed by atoms with Crippen molar-refractivity contribution in [2.24, 2.45) is 13.0 Å². The number of aryl methyl sites for hydroxylation is 2. The normalized spacial score (nSPS) is 16.0. The van der Waals surface area contributed by atoms with E-state index < -0.39 is 0 Å². The van der Waals surface area contributed by atoms with E-state index in [1.807, 2.05) is 6.92 Å². The molecule has 0 atom stereocenters. The molecule has 0 spiro atoms. The van der Waals surface area contributed by atoms with Crippen LogP contribution in [-0.4, -0.2) is 46.6 Å². The van der Waals surface area contributed by atoms with Crippen LogP contribution >= 0.6 is 0 Å². The summed E-state index contributed by atoms with van der Waals surface area (Å²) in [6.07, 6.45) is 2.07. The summed E-state index contributed by atoms with van der Waals surface area (Å²) in [6.45, 7) is 3.10. The van der Waals surface area contributed by atoms with Crippen LogP contribution in [-0.2, 0) is 18.3 Å². The number of amides is 2. The van der Waals surface area contributed by atoms with Crippen LogP contribution < -0.4 is 11.1 Å². The predicted octanol–water partition coefficient (Wildman–Crippen LogP) is 0.163. The fourth-order valence-electron chi connectivity index (χ4n) is 2.81. The number of carbonyl (C=O) groups excluding carboxylic acids is 2. The molecule has 1 aliphatic rings. The molecule has 21 heavy (non-hydrogen) atoms. The zero-order chi connectivity index (χ0) is 15.6. The van der Waals surface area contributed by atoms with Gasteiger partial charge in [0, 0.05) is 33.1 Å². The van der Waals surface area contributed by atoms with Crippen molar-refractivity contribution in [3.63, 3.8) is 0 Å². The number of likely N-dealkylation sites (tertiary alicyclic amines) is 1. The number of nitrogens with two attached hydrogens (primary N) is 1. The largest absolute Gasteiger partial charge is 0.395 e. The number of nitrogens with one attached hydrogen (secondary N) is 1. The van der Waals surface area contributed by atoms with E-state index in [1.54, 1.807) is 23.7 Å². The molecule has 0 aromatic carbocycles. The maximum atomic E-state index is 12.6. The van der Waals surface area contributed by atoms with Gasteiger partial charge in [0.05, 0.1) is 11.4 Å². The Hall–Kier alpha value is -2.05. The third-order valence-electron chi connectivity index (χ3n) is 4.10. The highest BCUT2D eigenvalue weighted by Gasteiger charge is 2.30. The van der Waals surface area contributed by atoms with E-state index >= 15 is 0 Å². The van der Waals surface area contributed by atoms with Gasteiger partial charge in [-0.25, -0.2) is 0 Å². The number of hydrogen-bond donors (Lipinski definition) is 2. The molecule has 1 saturated heterocycles. The van der Waals surface area contributed by atoms with E-state index in [1.165, 1.54) is 0 Å². The Morgan fingerprint density at radius 2 is 2.00 bits per heavy atom. The molecule has 1 aromatic heterocycles. The van der Waals surface area contributed by atoms with Gasteiger partial charge < -0.3 is 16.0 Å². The average molecular weight is 293 g/mol. The second-order valence-electron chi connectivity index (χ2n) is 5.37. The number of aromatic nitrogens is 2. The topological polar surface area (TPSA) is 93.2 Å². The van der Waals surface area contributed by atoms with Crippen LogP contribution in [0.5, 0.6) is 0 Å². The minimum atomic E-state index is -0.0995. The smallest absolute Gasteiger partial charge is 0.274 e. The molecule has 1 fully saturated rings. The van der Waals surface area contributed by atoms with Crippen LogP contribution in [0.3, 0.4) is 0 Å². The highest BCUT2D eigenvalue weighted by Crippen LogP contribution is 2.23. The maximum Gasteiger partial charge on any atom is 0.274 e. The molecular formula is C14H23N5O2. The van der Waals surface area contributed by atoms with E-state index in [9.17, 15) is 9.59 Å². The third kappa shape index (κ3) is 2.86. The van der Waals surface area contributed by atoms with Gasteiger partial charge in [0.2, 0.25) is 5.91 Å². The minimum Gasteiger partial charge on any atom is -0.395 e. The van der Waals surface area contributed by atoms with Crippen molar-refractivity contribution in [3.8, 4) is 0 Å². The quantitative estimate of drug-likeness (QED) is 0.830. The second-order valence-corrected chi connectivity index (χ2v) is 5.37. The van der Waals surface area contributed by atoms with E-state index in [-0.39, 0.29) is 17.7 Å². The Kier molecular flexibility index (Phi) is 4.50. The zero-order valence-electron chi connectivity index (χ0n) is 12.8. The van der Waals surface area contributed by atoms with Gasteiger partial charge in [0.25, 0.3) is 5.91 Å². The van der Waals surface area contributed by atoms with Gasteiger partial charge in [-0.3, -0.25) is 14.3 Å². The zero-order valence-corrected chi connectivity index (χ0v) is 12.8. The fourth-order valence-corrected chi connectivity index (χ4v) is 2.81. The SMILES string of the molecule is CCc1nn(C)c(C(=O)N2CCC(C(=O)NC)CC2)c1N. The van der Waals surface area contributed by atoms with Gasteiger partial charge in [-0.1, -0.05) is 6.92 Å². The fraction of sp³-hybridized carbons (Fsp3) is 0.643. The van der Waals surface area contributed by atoms with Gasteiger partial charge >= 0.3 is 0 Å². The van der Waals surface area contributed by atoms with Crippen molar-refractivity contribution in [2.75, 3.05) is 25.9 Å². The Balaban J connectivity index is 2.09. The molecule has 7 nitrogen and oxygen atoms in total. The molecule has 116 valence electrons. The minimum absolute atomic E-state index is 0.00543. The van der Waals surface area contributed by atoms with Crippen LogP contribution in [0.4, 0.5) is 5.69 Å². The molecule has 2 amide bonds. The first-order chi connectivity index (χ1) is 9.99. The molecule has 0 aliphatic carbocycles. The Bertz CT molecular complexity index is 544. The highest BCUT2D eigenvalue weighted by molar-refractivity contribution is 5.98. The Morgan fingerprint density at radius 3 is 2.48 bits per heavy atom. The molecule has 3 N–H and O–H groups in total. The van der Waals surface area contributed by atoms with E-state index in [2.05, 4.69) is 10.4 Å². The van der Waals surface area contributed by atoms with Crippen molar-refractivity contribution in [2.45, 2.75) is 26.2 Å². The molecule has 2 heterocycles. The van der Waals surface area contributed by atoms with Crippen LogP contribution in [0.15, 0.2) is 0 Å². The summed E-state index contributed by atoms with van der Waals surface area (Å²) < 4.78 is 1.56. The van der Waals surface area contributed by atoms with Gasteiger partial charge in [-0.05, 0) is 19.3 Å². The van der Waals surface area contributed by atoms with Crippen LogP contribution in [0.2, 0.25) is 0 Å². The number of nitrogen functional groups attached to an aromatic ring is 1. The molecule has 0 saturated carbocycles. The molecule has 1 aromatic rings. The first-order valence-electron chi connectivity index (χ1n) is 7.31. The Morgan fingerprint density at radius 1 is 1.38 bits per heavy atom. The first kappa shape index (κ1) is 15.3. The molecule has 7 heteroatoms. The van der Waals surface area contributed by atoms with Crippen LogP contribution in [0.25, 0.3) is 0 Å². The second kappa shape index (κ2) is 6.15. The van der Waals surface area contributed by atoms with Crippen LogP contribution in [0.1, 0.15) is 35.9 Å². The van der Waals surface area contributed by atoms with Gasteiger partial charge in [0.1, 0.15) is 5.69 Å². The summed E-state index contributed by atoms with van der Waals surface area (Å²) in [6, 6.07) is 0. The molecule has 2 rings (SSSR count). The van der Waals surface area contributed by atoms with Crippen LogP contribution in [0, 0.1) is 5.92 Å². The Labute approximate surface area is 124 Å². The lowest BCUT2D eigenvalue weighted by atomic mass is 9.96. The summed E-state index contributed by atoms with van der Waals surface area (Å²) in [7, 11) is 3.38.